The van der Waals surface area contributed by atoms with Gasteiger partial charge >= 0.3 is 0 Å². The van der Waals surface area contributed by atoms with Crippen molar-refractivity contribution in [3.8, 4) is 5.75 Å². The number of nitrogens with one attached hydrogen (secondary N) is 1. The van der Waals surface area contributed by atoms with Gasteiger partial charge in [0, 0.05) is 24.0 Å². The molecule has 0 saturated carbocycles. The van der Waals surface area contributed by atoms with Crippen LogP contribution in [-0.2, 0) is 32.6 Å². The summed E-state index contributed by atoms with van der Waals surface area (Å²) in [7, 11) is -4.33. The summed E-state index contributed by atoms with van der Waals surface area (Å²) < 4.78 is 49.5. The average molecular weight is 725 g/mol. The van der Waals surface area contributed by atoms with Crippen LogP contribution in [0.25, 0.3) is 0 Å². The van der Waals surface area contributed by atoms with Crippen molar-refractivity contribution in [1.82, 2.24) is 10.2 Å². The molecule has 1 unspecified atom stereocenters. The molecule has 0 heterocycles. The van der Waals surface area contributed by atoms with Crippen LogP contribution in [-0.4, -0.2) is 50.9 Å². The molecule has 47 heavy (non-hydrogen) atoms. The maximum atomic E-state index is 14.5. The third-order valence-electron chi connectivity index (χ3n) is 7.34. The molecule has 0 bridgehead atoms. The smallest absolute Gasteiger partial charge is 0.264 e. The molecule has 0 aliphatic carbocycles. The highest BCUT2D eigenvalue weighted by Gasteiger charge is 2.34. The van der Waals surface area contributed by atoms with Gasteiger partial charge in [-0.1, -0.05) is 72.2 Å². The number of rotatable bonds is 15. The minimum atomic E-state index is -4.33. The zero-order valence-corrected chi connectivity index (χ0v) is 29.0. The molecular formula is C36H39BrFN3O5S. The Balaban J connectivity index is 1.78. The average Bonchev–Trinajstić information content (AvgIpc) is 3.06. The summed E-state index contributed by atoms with van der Waals surface area (Å²) in [5, 5.41) is 2.97. The number of ether oxygens (including phenoxy) is 1. The van der Waals surface area contributed by atoms with Gasteiger partial charge in [0.25, 0.3) is 10.0 Å². The molecule has 0 fully saturated rings. The SMILES string of the molecule is CCOc1ccc(S(=O)(=O)N(CC(=O)N(Cc2ccc(Br)cc2)C(Cc2ccccc2)C(=O)NCC(C)C)c2ccc(F)cc2)cc1. The van der Waals surface area contributed by atoms with Crippen LogP contribution >= 0.6 is 15.9 Å². The summed E-state index contributed by atoms with van der Waals surface area (Å²) in [4.78, 5) is 29.7. The van der Waals surface area contributed by atoms with E-state index in [1.165, 1.54) is 41.3 Å². The normalized spacial score (nSPS) is 12.0. The van der Waals surface area contributed by atoms with Gasteiger partial charge in [-0.15, -0.1) is 0 Å². The van der Waals surface area contributed by atoms with Crippen LogP contribution in [0.4, 0.5) is 10.1 Å². The van der Waals surface area contributed by atoms with Crippen LogP contribution in [0, 0.1) is 11.7 Å². The number of nitrogens with zero attached hydrogens (tertiary/aromatic N) is 2. The van der Waals surface area contributed by atoms with E-state index in [-0.39, 0.29) is 35.4 Å². The van der Waals surface area contributed by atoms with Gasteiger partial charge < -0.3 is 15.0 Å². The minimum Gasteiger partial charge on any atom is -0.494 e. The van der Waals surface area contributed by atoms with Crippen LogP contribution < -0.4 is 14.4 Å². The molecule has 4 aromatic carbocycles. The van der Waals surface area contributed by atoms with Gasteiger partial charge in [0.15, 0.2) is 0 Å². The van der Waals surface area contributed by atoms with Gasteiger partial charge in [-0.25, -0.2) is 12.8 Å². The van der Waals surface area contributed by atoms with Gasteiger partial charge in [0.2, 0.25) is 11.8 Å². The lowest BCUT2D eigenvalue weighted by molar-refractivity contribution is -0.140. The zero-order chi connectivity index (χ0) is 34.0. The molecule has 4 aromatic rings. The first-order valence-electron chi connectivity index (χ1n) is 15.3. The number of hydrogen-bond acceptors (Lipinski definition) is 5. The molecular weight excluding hydrogens is 685 g/mol. The number of carbonyl (C=O) groups is 2. The standard InChI is InChI=1S/C36H39BrFN3O5S/c1-4-46-32-18-20-33(21-19-32)47(44,45)41(31-16-14-30(38)15-17-31)25-35(42)40(24-28-10-12-29(37)13-11-28)34(36(43)39-23-26(2)3)22-27-8-6-5-7-9-27/h5-21,26,34H,4,22-25H2,1-3H3,(H,39,43). The van der Waals surface area contributed by atoms with Gasteiger partial charge in [-0.05, 0) is 84.6 Å². The topological polar surface area (TPSA) is 96.0 Å². The van der Waals surface area contributed by atoms with Crippen LogP contribution in [0.5, 0.6) is 5.75 Å². The summed E-state index contributed by atoms with van der Waals surface area (Å²) in [6.45, 7) is 5.98. The molecule has 0 saturated heterocycles. The Labute approximate surface area is 284 Å². The van der Waals surface area contributed by atoms with Crippen molar-refractivity contribution in [3.05, 3.63) is 125 Å². The molecule has 248 valence electrons. The fourth-order valence-corrected chi connectivity index (χ4v) is 6.58. The zero-order valence-electron chi connectivity index (χ0n) is 26.6. The number of hydrogen-bond donors (Lipinski definition) is 1. The monoisotopic (exact) mass is 723 g/mol. The summed E-state index contributed by atoms with van der Waals surface area (Å²) in [5.41, 5.74) is 1.68. The predicted molar refractivity (Wildman–Crippen MR) is 185 cm³/mol. The maximum absolute atomic E-state index is 14.5. The van der Waals surface area contributed by atoms with E-state index in [4.69, 9.17) is 4.74 Å². The lowest BCUT2D eigenvalue weighted by Crippen LogP contribution is -2.53. The van der Waals surface area contributed by atoms with E-state index in [2.05, 4.69) is 21.2 Å². The highest BCUT2D eigenvalue weighted by molar-refractivity contribution is 9.10. The molecule has 4 rings (SSSR count). The number of sulfonamides is 1. The summed E-state index contributed by atoms with van der Waals surface area (Å²) >= 11 is 3.44. The summed E-state index contributed by atoms with van der Waals surface area (Å²) in [6, 6.07) is 26.5. The van der Waals surface area contributed by atoms with Crippen LogP contribution in [0.2, 0.25) is 0 Å². The van der Waals surface area contributed by atoms with Crippen molar-refractivity contribution in [1.29, 1.82) is 0 Å². The van der Waals surface area contributed by atoms with Gasteiger partial charge in [0.1, 0.15) is 24.2 Å². The molecule has 1 atom stereocenters. The maximum Gasteiger partial charge on any atom is 0.264 e. The third-order valence-corrected chi connectivity index (χ3v) is 9.65. The second kappa shape index (κ2) is 16.6. The van der Waals surface area contributed by atoms with Crippen molar-refractivity contribution < 1.29 is 27.1 Å². The lowest BCUT2D eigenvalue weighted by Gasteiger charge is -2.34. The van der Waals surface area contributed by atoms with Crippen LogP contribution in [0.3, 0.4) is 0 Å². The number of benzene rings is 4. The first-order valence-corrected chi connectivity index (χ1v) is 17.6. The van der Waals surface area contributed by atoms with E-state index in [1.807, 2.05) is 75.4 Å². The summed E-state index contributed by atoms with van der Waals surface area (Å²) in [5.74, 6) is -0.851. The Bertz CT molecular complexity index is 1720. The van der Waals surface area contributed by atoms with Gasteiger partial charge in [0.05, 0.1) is 17.2 Å². The first kappa shape index (κ1) is 35.6. The molecule has 0 spiro atoms. The largest absolute Gasteiger partial charge is 0.494 e. The second-order valence-corrected chi connectivity index (χ2v) is 14.2. The van der Waals surface area contributed by atoms with Gasteiger partial charge in [-0.3, -0.25) is 13.9 Å². The molecule has 0 aliphatic heterocycles. The Morgan fingerprint density at radius 2 is 1.51 bits per heavy atom. The van der Waals surface area contributed by atoms with E-state index in [1.54, 1.807) is 0 Å². The van der Waals surface area contributed by atoms with Gasteiger partial charge in [-0.2, -0.15) is 0 Å². The van der Waals surface area contributed by atoms with E-state index in [9.17, 15) is 22.4 Å². The summed E-state index contributed by atoms with van der Waals surface area (Å²) in [6.07, 6.45) is 0.204. The Morgan fingerprint density at radius 1 is 0.872 bits per heavy atom. The molecule has 0 aliphatic rings. The van der Waals surface area contributed by atoms with Crippen molar-refractivity contribution in [2.75, 3.05) is 24.0 Å². The first-order chi connectivity index (χ1) is 22.5. The van der Waals surface area contributed by atoms with E-state index >= 15 is 0 Å². The molecule has 1 N–H and O–H groups in total. The molecule has 0 radical (unpaired) electrons. The molecule has 8 nitrogen and oxygen atoms in total. The number of carbonyl (C=O) groups excluding carboxylic acids is 2. The van der Waals surface area contributed by atoms with Crippen molar-refractivity contribution in [2.45, 2.75) is 44.7 Å². The molecule has 0 aromatic heterocycles. The van der Waals surface area contributed by atoms with E-state index in [0.29, 0.717) is 18.9 Å². The second-order valence-electron chi connectivity index (χ2n) is 11.4. The predicted octanol–water partition coefficient (Wildman–Crippen LogP) is 6.59. The van der Waals surface area contributed by atoms with Crippen LogP contribution in [0.15, 0.2) is 112 Å². The minimum absolute atomic E-state index is 0.0407. The van der Waals surface area contributed by atoms with E-state index < -0.39 is 34.3 Å². The quantitative estimate of drug-likeness (QED) is 0.149. The highest BCUT2D eigenvalue weighted by Crippen LogP contribution is 2.27. The molecule has 2 amide bonds. The Kier molecular flexibility index (Phi) is 12.6. The number of anilines is 1. The van der Waals surface area contributed by atoms with Crippen molar-refractivity contribution in [2.24, 2.45) is 5.92 Å². The third kappa shape index (κ3) is 9.89. The fourth-order valence-electron chi connectivity index (χ4n) is 4.90. The van der Waals surface area contributed by atoms with E-state index in [0.717, 1.165) is 32.0 Å². The fraction of sp³-hybridized carbons (Fsp3) is 0.278. The highest BCUT2D eigenvalue weighted by atomic mass is 79.9. The van der Waals surface area contributed by atoms with Crippen LogP contribution in [0.1, 0.15) is 31.9 Å². The van der Waals surface area contributed by atoms with Crippen molar-refractivity contribution >= 4 is 43.5 Å². The Hall–Kier alpha value is -4.22. The number of amides is 2. The Morgan fingerprint density at radius 3 is 2.11 bits per heavy atom. The molecule has 11 heteroatoms. The van der Waals surface area contributed by atoms with Crippen molar-refractivity contribution in [3.63, 3.8) is 0 Å². The lowest BCUT2D eigenvalue weighted by atomic mass is 10.0. The number of halogens is 2.